The van der Waals surface area contributed by atoms with Gasteiger partial charge in [-0.1, -0.05) is 19.4 Å². The molecule has 74 valence electrons. The minimum absolute atomic E-state index is 0.0272. The lowest BCUT2D eigenvalue weighted by Gasteiger charge is -2.24. The maximum Gasteiger partial charge on any atom is 0.0663 e. The molecule has 0 aromatic rings. The number of hydrogen-bond donors (Lipinski definition) is 0. The van der Waals surface area contributed by atoms with Crippen LogP contribution in [0.2, 0.25) is 0 Å². The van der Waals surface area contributed by atoms with Gasteiger partial charge in [-0.15, -0.1) is 6.58 Å². The van der Waals surface area contributed by atoms with E-state index in [-0.39, 0.29) is 5.60 Å². The largest absolute Gasteiger partial charge is 0.376 e. The Morgan fingerprint density at radius 3 is 2.00 bits per heavy atom. The summed E-state index contributed by atoms with van der Waals surface area (Å²) in [5.41, 5.74) is 1.15. The van der Waals surface area contributed by atoms with Crippen molar-refractivity contribution >= 4 is 0 Å². The number of hydrogen-bond acceptors (Lipinski definition) is 1. The van der Waals surface area contributed by atoms with Crippen LogP contribution >= 0.6 is 0 Å². The van der Waals surface area contributed by atoms with Crippen LogP contribution in [0.5, 0.6) is 0 Å². The normalized spacial score (nSPS) is 10.2. The van der Waals surface area contributed by atoms with Crippen LogP contribution in [0.25, 0.3) is 0 Å². The molecular formula is C11H24O. The van der Waals surface area contributed by atoms with Gasteiger partial charge in [0.1, 0.15) is 0 Å². The van der Waals surface area contributed by atoms with E-state index in [9.17, 15) is 0 Å². The molecular weight excluding hydrogens is 148 g/mol. The Morgan fingerprint density at radius 2 is 1.75 bits per heavy atom. The smallest absolute Gasteiger partial charge is 0.0663 e. The molecule has 0 aliphatic heterocycles. The third-order valence-corrected chi connectivity index (χ3v) is 1.26. The van der Waals surface area contributed by atoms with Crippen molar-refractivity contribution in [1.82, 2.24) is 0 Å². The maximum absolute atomic E-state index is 5.48. The summed E-state index contributed by atoms with van der Waals surface area (Å²) in [6.45, 7) is 16.8. The summed E-state index contributed by atoms with van der Waals surface area (Å²) in [5, 5.41) is 0. The molecule has 0 saturated carbocycles. The van der Waals surface area contributed by atoms with Crippen LogP contribution in [-0.2, 0) is 4.74 Å². The zero-order valence-corrected chi connectivity index (χ0v) is 9.53. The van der Waals surface area contributed by atoms with E-state index < -0.39 is 0 Å². The highest BCUT2D eigenvalue weighted by Gasteiger charge is 2.16. The Morgan fingerprint density at radius 1 is 1.33 bits per heavy atom. The van der Waals surface area contributed by atoms with Crippen molar-refractivity contribution in [2.45, 2.75) is 53.6 Å². The summed E-state index contributed by atoms with van der Waals surface area (Å²) in [6, 6.07) is 0. The van der Waals surface area contributed by atoms with Gasteiger partial charge in [-0.05, 0) is 34.1 Å². The van der Waals surface area contributed by atoms with Crippen LogP contribution in [0.4, 0.5) is 0 Å². The van der Waals surface area contributed by atoms with Crippen molar-refractivity contribution in [2.75, 3.05) is 6.61 Å². The zero-order valence-electron chi connectivity index (χ0n) is 9.53. The quantitative estimate of drug-likeness (QED) is 0.586. The van der Waals surface area contributed by atoms with Crippen LogP contribution < -0.4 is 0 Å². The molecule has 0 fully saturated rings. The second-order valence-corrected chi connectivity index (χ2v) is 3.33. The molecule has 0 bridgehead atoms. The van der Waals surface area contributed by atoms with Crippen molar-refractivity contribution in [2.24, 2.45) is 0 Å². The van der Waals surface area contributed by atoms with E-state index in [0.717, 1.165) is 13.0 Å². The number of ether oxygens (including phenoxy) is 1. The molecule has 0 radical (unpaired) electrons. The molecule has 1 nitrogen and oxygen atoms in total. The molecule has 0 unspecified atom stereocenters. The zero-order chi connectivity index (χ0) is 10.2. The standard InChI is InChI=1S/C9H18O.C2H6/c1-6-10-9(4,5)7-8(2)3;1-2/h2,6-7H2,1,3-5H3;1-2H3. The fourth-order valence-electron chi connectivity index (χ4n) is 1.17. The second kappa shape index (κ2) is 7.35. The van der Waals surface area contributed by atoms with E-state index in [2.05, 4.69) is 20.4 Å². The lowest BCUT2D eigenvalue weighted by atomic mass is 10.0. The first kappa shape index (κ1) is 14.2. The maximum atomic E-state index is 5.48. The van der Waals surface area contributed by atoms with Gasteiger partial charge in [-0.3, -0.25) is 0 Å². The van der Waals surface area contributed by atoms with Gasteiger partial charge >= 0.3 is 0 Å². The third-order valence-electron chi connectivity index (χ3n) is 1.26. The van der Waals surface area contributed by atoms with Gasteiger partial charge in [0.25, 0.3) is 0 Å². The highest BCUT2D eigenvalue weighted by molar-refractivity contribution is 4.94. The molecule has 0 aliphatic rings. The Balaban J connectivity index is 0. The van der Waals surface area contributed by atoms with Crippen molar-refractivity contribution in [3.05, 3.63) is 12.2 Å². The summed E-state index contributed by atoms with van der Waals surface area (Å²) >= 11 is 0. The summed E-state index contributed by atoms with van der Waals surface area (Å²) in [6.07, 6.45) is 0.945. The monoisotopic (exact) mass is 172 g/mol. The molecule has 0 aliphatic carbocycles. The second-order valence-electron chi connectivity index (χ2n) is 3.33. The highest BCUT2D eigenvalue weighted by Crippen LogP contribution is 2.18. The molecule has 0 spiro atoms. The average molecular weight is 172 g/mol. The van der Waals surface area contributed by atoms with Gasteiger partial charge in [-0.2, -0.15) is 0 Å². The van der Waals surface area contributed by atoms with Crippen LogP contribution in [0, 0.1) is 0 Å². The lowest BCUT2D eigenvalue weighted by Crippen LogP contribution is -2.24. The van der Waals surface area contributed by atoms with Gasteiger partial charge in [-0.25, -0.2) is 0 Å². The Labute approximate surface area is 77.8 Å². The highest BCUT2D eigenvalue weighted by atomic mass is 16.5. The van der Waals surface area contributed by atoms with Crippen LogP contribution in [-0.4, -0.2) is 12.2 Å². The van der Waals surface area contributed by atoms with Gasteiger partial charge in [0.2, 0.25) is 0 Å². The minimum atomic E-state index is -0.0272. The fraction of sp³-hybridized carbons (Fsp3) is 0.818. The van der Waals surface area contributed by atoms with Gasteiger partial charge in [0.05, 0.1) is 5.60 Å². The average Bonchev–Trinajstić information content (AvgIpc) is 1.88. The Bertz CT molecular complexity index is 114. The fourth-order valence-corrected chi connectivity index (χ4v) is 1.17. The van der Waals surface area contributed by atoms with Crippen molar-refractivity contribution < 1.29 is 4.74 Å². The summed E-state index contributed by atoms with van der Waals surface area (Å²) in [4.78, 5) is 0. The van der Waals surface area contributed by atoms with Crippen LogP contribution in [0.3, 0.4) is 0 Å². The predicted molar refractivity (Wildman–Crippen MR) is 56.5 cm³/mol. The molecule has 0 rings (SSSR count). The lowest BCUT2D eigenvalue weighted by molar-refractivity contribution is -0.00916. The molecule has 12 heavy (non-hydrogen) atoms. The first-order valence-corrected chi connectivity index (χ1v) is 4.76. The van der Waals surface area contributed by atoms with E-state index >= 15 is 0 Å². The molecule has 0 saturated heterocycles. The summed E-state index contributed by atoms with van der Waals surface area (Å²) in [7, 11) is 0. The summed E-state index contributed by atoms with van der Waals surface area (Å²) in [5.74, 6) is 0. The topological polar surface area (TPSA) is 9.23 Å². The number of rotatable bonds is 4. The van der Waals surface area contributed by atoms with Crippen LogP contribution in [0.1, 0.15) is 48.0 Å². The van der Waals surface area contributed by atoms with E-state index in [1.165, 1.54) is 5.57 Å². The molecule has 0 N–H and O–H groups in total. The van der Waals surface area contributed by atoms with E-state index in [0.29, 0.717) is 0 Å². The molecule has 0 amide bonds. The van der Waals surface area contributed by atoms with E-state index in [1.807, 2.05) is 27.7 Å². The Hall–Kier alpha value is -0.300. The minimum Gasteiger partial charge on any atom is -0.376 e. The molecule has 0 aromatic heterocycles. The van der Waals surface area contributed by atoms with Crippen molar-refractivity contribution in [3.63, 3.8) is 0 Å². The Kier molecular flexibility index (Phi) is 8.73. The van der Waals surface area contributed by atoms with Crippen LogP contribution in [0.15, 0.2) is 12.2 Å². The van der Waals surface area contributed by atoms with Gasteiger partial charge in [0.15, 0.2) is 0 Å². The van der Waals surface area contributed by atoms with Crippen molar-refractivity contribution in [1.29, 1.82) is 0 Å². The summed E-state index contributed by atoms with van der Waals surface area (Å²) < 4.78 is 5.48. The molecule has 0 aromatic carbocycles. The SMILES string of the molecule is C=C(C)CC(C)(C)OCC.CC. The molecule has 0 heterocycles. The van der Waals surface area contributed by atoms with E-state index in [4.69, 9.17) is 4.74 Å². The first-order valence-electron chi connectivity index (χ1n) is 4.76. The van der Waals surface area contributed by atoms with Crippen molar-refractivity contribution in [3.8, 4) is 0 Å². The molecule has 1 heteroatoms. The van der Waals surface area contributed by atoms with E-state index in [1.54, 1.807) is 0 Å². The first-order chi connectivity index (χ1) is 5.48. The van der Waals surface area contributed by atoms with Gasteiger partial charge < -0.3 is 4.74 Å². The predicted octanol–water partition coefficient (Wildman–Crippen LogP) is 3.79. The van der Waals surface area contributed by atoms with Gasteiger partial charge in [0, 0.05) is 6.61 Å². The third kappa shape index (κ3) is 9.70. The molecule has 0 atom stereocenters.